The highest BCUT2D eigenvalue weighted by Crippen LogP contribution is 2.31. The van der Waals surface area contributed by atoms with E-state index in [9.17, 15) is 18.0 Å². The van der Waals surface area contributed by atoms with Gasteiger partial charge in [0, 0.05) is 54.6 Å². The van der Waals surface area contributed by atoms with E-state index in [0.717, 1.165) is 66.5 Å². The van der Waals surface area contributed by atoms with Crippen molar-refractivity contribution < 1.29 is 22.7 Å². The number of aromatic nitrogens is 1. The highest BCUT2D eigenvalue weighted by atomic mass is 32.2. The van der Waals surface area contributed by atoms with E-state index in [2.05, 4.69) is 40.6 Å². The van der Waals surface area contributed by atoms with Gasteiger partial charge in [0.05, 0.1) is 12.0 Å². The Morgan fingerprint density at radius 3 is 2.53 bits per heavy atom. The van der Waals surface area contributed by atoms with Crippen LogP contribution in [-0.2, 0) is 34.2 Å². The summed E-state index contributed by atoms with van der Waals surface area (Å²) in [5.41, 5.74) is 5.04. The van der Waals surface area contributed by atoms with Crippen molar-refractivity contribution in [3.05, 3.63) is 94.7 Å². The molecule has 1 N–H and O–H groups in total. The van der Waals surface area contributed by atoms with Gasteiger partial charge in [0.25, 0.3) is 15.9 Å². The molecular weight excluding hydrogens is 562 g/mol. The van der Waals surface area contributed by atoms with Crippen LogP contribution in [0.2, 0.25) is 0 Å². The van der Waals surface area contributed by atoms with E-state index >= 15 is 0 Å². The Bertz CT molecular complexity index is 1780. The minimum atomic E-state index is -4.03. The van der Waals surface area contributed by atoms with Crippen LogP contribution in [0.4, 0.5) is 0 Å². The van der Waals surface area contributed by atoms with Gasteiger partial charge in [-0.25, -0.2) is 13.1 Å². The summed E-state index contributed by atoms with van der Waals surface area (Å²) in [6.07, 6.45) is 5.34. The Labute approximate surface area is 253 Å². The summed E-state index contributed by atoms with van der Waals surface area (Å²) in [4.78, 5) is 27.8. The van der Waals surface area contributed by atoms with Gasteiger partial charge in [-0.2, -0.15) is 0 Å². The van der Waals surface area contributed by atoms with Crippen LogP contribution in [0.25, 0.3) is 10.9 Å². The number of sulfonamides is 1. The molecule has 43 heavy (non-hydrogen) atoms. The summed E-state index contributed by atoms with van der Waals surface area (Å²) in [5.74, 6) is 0.0454. The Balaban J connectivity index is 1.41. The molecule has 4 aromatic rings. The SMILES string of the molecule is CCCn1cc(Cc2ccc(C(=O)NS(=O)(=O)c3ccccc3C)cc2OC)c2cc(CC3CCN(CC)C3=O)ccc21. The maximum atomic E-state index is 13.0. The average Bonchev–Trinajstić information content (AvgIpc) is 3.51. The van der Waals surface area contributed by atoms with Crippen LogP contribution >= 0.6 is 0 Å². The molecule has 226 valence electrons. The molecule has 0 saturated carbocycles. The Morgan fingerprint density at radius 1 is 1.05 bits per heavy atom. The van der Waals surface area contributed by atoms with E-state index in [1.165, 1.54) is 6.07 Å². The van der Waals surface area contributed by atoms with Crippen LogP contribution < -0.4 is 9.46 Å². The molecule has 1 aromatic heterocycles. The van der Waals surface area contributed by atoms with Crippen molar-refractivity contribution in [1.29, 1.82) is 0 Å². The molecule has 1 unspecified atom stereocenters. The number of nitrogens with one attached hydrogen (secondary N) is 1. The van der Waals surface area contributed by atoms with Gasteiger partial charge in [-0.15, -0.1) is 0 Å². The van der Waals surface area contributed by atoms with Gasteiger partial charge in [0.1, 0.15) is 5.75 Å². The zero-order chi connectivity index (χ0) is 30.7. The molecule has 1 aliphatic rings. The van der Waals surface area contributed by atoms with Gasteiger partial charge in [0.15, 0.2) is 0 Å². The summed E-state index contributed by atoms with van der Waals surface area (Å²) in [7, 11) is -2.49. The quantitative estimate of drug-likeness (QED) is 0.245. The summed E-state index contributed by atoms with van der Waals surface area (Å²) < 4.78 is 35.9. The average molecular weight is 602 g/mol. The standard InChI is InChI=1S/C34H39N3O5S/c1-5-16-37-22-28(29-19-24(11-14-30(29)37)18-27-15-17-36(6-2)34(27)39)20-25-12-13-26(21-31(25)42-4)33(38)35-43(40,41)32-10-8-7-9-23(32)3/h7-14,19,21-22,27H,5-6,15-18,20H2,1-4H3,(H,35,38). The smallest absolute Gasteiger partial charge is 0.265 e. The van der Waals surface area contributed by atoms with E-state index in [1.807, 2.05) is 17.9 Å². The zero-order valence-electron chi connectivity index (χ0n) is 25.2. The molecule has 1 fully saturated rings. The number of nitrogens with zero attached hydrogens (tertiary/aromatic N) is 2. The number of likely N-dealkylation sites (tertiary alicyclic amines) is 1. The molecular formula is C34H39N3O5S. The third-order valence-electron chi connectivity index (χ3n) is 8.31. The molecule has 0 bridgehead atoms. The molecule has 9 heteroatoms. The van der Waals surface area contributed by atoms with E-state index < -0.39 is 15.9 Å². The van der Waals surface area contributed by atoms with Crippen LogP contribution in [0.1, 0.15) is 59.3 Å². The number of rotatable bonds is 11. The minimum absolute atomic E-state index is 0.0204. The first-order valence-electron chi connectivity index (χ1n) is 14.8. The fourth-order valence-corrected chi connectivity index (χ4v) is 7.26. The lowest BCUT2D eigenvalue weighted by Gasteiger charge is -2.14. The van der Waals surface area contributed by atoms with Gasteiger partial charge in [-0.3, -0.25) is 9.59 Å². The number of hydrogen-bond donors (Lipinski definition) is 1. The minimum Gasteiger partial charge on any atom is -0.496 e. The van der Waals surface area contributed by atoms with Gasteiger partial charge in [-0.05, 0) is 85.7 Å². The lowest BCUT2D eigenvalue weighted by atomic mass is 9.95. The normalized spacial score (nSPS) is 15.3. The maximum Gasteiger partial charge on any atom is 0.265 e. The van der Waals surface area contributed by atoms with E-state index in [0.29, 0.717) is 17.7 Å². The molecule has 5 rings (SSSR count). The van der Waals surface area contributed by atoms with E-state index in [1.54, 1.807) is 44.4 Å². The monoisotopic (exact) mass is 601 g/mol. The largest absolute Gasteiger partial charge is 0.496 e. The Morgan fingerprint density at radius 2 is 1.84 bits per heavy atom. The first kappa shape index (κ1) is 30.4. The number of benzene rings is 3. The highest BCUT2D eigenvalue weighted by molar-refractivity contribution is 7.90. The number of hydrogen-bond acceptors (Lipinski definition) is 5. The number of methoxy groups -OCH3 is 1. The van der Waals surface area contributed by atoms with Gasteiger partial charge < -0.3 is 14.2 Å². The van der Waals surface area contributed by atoms with Gasteiger partial charge in [0.2, 0.25) is 5.91 Å². The summed E-state index contributed by atoms with van der Waals surface area (Å²) in [5, 5.41) is 1.14. The fraction of sp³-hybridized carbons (Fsp3) is 0.353. The Kier molecular flexibility index (Phi) is 8.92. The number of ether oxygens (including phenoxy) is 1. The van der Waals surface area contributed by atoms with Gasteiger partial charge >= 0.3 is 0 Å². The van der Waals surface area contributed by atoms with Crippen LogP contribution in [0, 0.1) is 12.8 Å². The second-order valence-corrected chi connectivity index (χ2v) is 12.9. The molecule has 0 aliphatic carbocycles. The first-order valence-corrected chi connectivity index (χ1v) is 16.3. The fourth-order valence-electron chi connectivity index (χ4n) is 6.03. The highest BCUT2D eigenvalue weighted by Gasteiger charge is 2.30. The lowest BCUT2D eigenvalue weighted by Crippen LogP contribution is -2.31. The van der Waals surface area contributed by atoms with Crippen molar-refractivity contribution in [2.75, 3.05) is 20.2 Å². The predicted molar refractivity (Wildman–Crippen MR) is 168 cm³/mol. The molecule has 1 atom stereocenters. The molecule has 0 spiro atoms. The first-order chi connectivity index (χ1) is 20.6. The molecule has 3 aromatic carbocycles. The third kappa shape index (κ3) is 6.32. The van der Waals surface area contributed by atoms with Crippen molar-refractivity contribution >= 4 is 32.7 Å². The summed E-state index contributed by atoms with van der Waals surface area (Å²) in [6.45, 7) is 8.32. The van der Waals surface area contributed by atoms with Crippen LogP contribution in [0.5, 0.6) is 5.75 Å². The number of carbonyl (C=O) groups is 2. The van der Waals surface area contributed by atoms with Crippen molar-refractivity contribution in [1.82, 2.24) is 14.2 Å². The predicted octanol–water partition coefficient (Wildman–Crippen LogP) is 5.49. The van der Waals surface area contributed by atoms with Crippen molar-refractivity contribution in [2.45, 2.75) is 57.9 Å². The van der Waals surface area contributed by atoms with Crippen molar-refractivity contribution in [3.63, 3.8) is 0 Å². The summed E-state index contributed by atoms with van der Waals surface area (Å²) in [6, 6.07) is 18.1. The number of carbonyl (C=O) groups excluding carboxylic acids is 2. The topological polar surface area (TPSA) is 97.7 Å². The van der Waals surface area contributed by atoms with Crippen LogP contribution in [0.15, 0.2) is 71.8 Å². The van der Waals surface area contributed by atoms with Gasteiger partial charge in [-0.1, -0.05) is 37.3 Å². The van der Waals surface area contributed by atoms with Crippen LogP contribution in [0.3, 0.4) is 0 Å². The Hall–Kier alpha value is -4.11. The maximum absolute atomic E-state index is 13.0. The zero-order valence-corrected chi connectivity index (χ0v) is 26.0. The van der Waals surface area contributed by atoms with Crippen molar-refractivity contribution in [3.8, 4) is 5.75 Å². The number of amides is 2. The molecule has 0 radical (unpaired) electrons. The number of fused-ring (bicyclic) bond motifs is 1. The second kappa shape index (κ2) is 12.6. The lowest BCUT2D eigenvalue weighted by molar-refractivity contribution is -0.130. The molecule has 2 amide bonds. The van der Waals surface area contributed by atoms with E-state index in [4.69, 9.17) is 4.74 Å². The van der Waals surface area contributed by atoms with Crippen molar-refractivity contribution in [2.24, 2.45) is 5.92 Å². The summed E-state index contributed by atoms with van der Waals surface area (Å²) >= 11 is 0. The molecule has 1 saturated heterocycles. The van der Waals surface area contributed by atoms with E-state index in [-0.39, 0.29) is 22.3 Å². The molecule has 2 heterocycles. The number of aryl methyl sites for hydroxylation is 2. The third-order valence-corrected chi connectivity index (χ3v) is 9.80. The molecule has 8 nitrogen and oxygen atoms in total. The second-order valence-electron chi connectivity index (χ2n) is 11.2. The van der Waals surface area contributed by atoms with Crippen LogP contribution in [-0.4, -0.2) is 49.9 Å². The molecule has 1 aliphatic heterocycles.